The van der Waals surface area contributed by atoms with E-state index >= 15 is 0 Å². The lowest BCUT2D eigenvalue weighted by atomic mass is 10.1. The highest BCUT2D eigenvalue weighted by atomic mass is 16.3. The predicted octanol–water partition coefficient (Wildman–Crippen LogP) is 3.18. The maximum Gasteiger partial charge on any atom is 0.251 e. The molecule has 0 saturated carbocycles. The lowest BCUT2D eigenvalue weighted by Gasteiger charge is -2.10. The Balaban J connectivity index is 1.40. The van der Waals surface area contributed by atoms with Crippen LogP contribution in [0, 0.1) is 6.92 Å². The summed E-state index contributed by atoms with van der Waals surface area (Å²) in [7, 11) is 0. The van der Waals surface area contributed by atoms with Gasteiger partial charge in [0.25, 0.3) is 5.91 Å². The lowest BCUT2D eigenvalue weighted by Crippen LogP contribution is -2.23. The number of amides is 1. The second kappa shape index (κ2) is 8.48. The number of aromatic nitrogens is 4. The summed E-state index contributed by atoms with van der Waals surface area (Å²) in [5.41, 5.74) is 11.0. The summed E-state index contributed by atoms with van der Waals surface area (Å²) < 4.78 is 1.80. The monoisotopic (exact) mass is 440 g/mol. The van der Waals surface area contributed by atoms with Crippen molar-refractivity contribution in [2.24, 2.45) is 0 Å². The number of benzene rings is 2. The minimum atomic E-state index is -0.494. The molecule has 8 nitrogen and oxygen atoms in total. The van der Waals surface area contributed by atoms with Crippen LogP contribution in [0.15, 0.2) is 67.0 Å². The van der Waals surface area contributed by atoms with Crippen LogP contribution in [-0.2, 0) is 6.54 Å². The van der Waals surface area contributed by atoms with Gasteiger partial charge in [0.1, 0.15) is 17.8 Å². The smallest absolute Gasteiger partial charge is 0.251 e. The van der Waals surface area contributed by atoms with Crippen LogP contribution in [0.5, 0.6) is 0 Å². The molecule has 1 aliphatic rings. The Bertz CT molecular complexity index is 1360. The molecular weight excluding hydrogens is 416 g/mol. The number of carbonyl (C=O) groups excluding carboxylic acids is 1. The Labute approximate surface area is 190 Å². The number of hydrogen-bond acceptors (Lipinski definition) is 6. The summed E-state index contributed by atoms with van der Waals surface area (Å²) in [6, 6.07) is 15.2. The van der Waals surface area contributed by atoms with Gasteiger partial charge in [-0.05, 0) is 24.1 Å². The summed E-state index contributed by atoms with van der Waals surface area (Å²) in [4.78, 5) is 21.0. The standard InChI is InChI=1S/C25H24N6O2/c1-15-4-2-3-5-20(15)25(33)27-13-16-6-8-17(9-7-16)22-21-23(26)28-14-29-24(21)31(30-22)18-10-11-19(32)12-18/h2-11,14,18-19,32H,12-13H2,1H3,(H,27,33)(H2,26,28,29)/t18-,19-/m0/s1. The molecule has 166 valence electrons. The first kappa shape index (κ1) is 20.8. The molecule has 2 aromatic carbocycles. The molecule has 0 fully saturated rings. The summed E-state index contributed by atoms with van der Waals surface area (Å²) in [5.74, 6) is 0.261. The van der Waals surface area contributed by atoms with Gasteiger partial charge in [0.05, 0.1) is 17.5 Å². The van der Waals surface area contributed by atoms with E-state index in [4.69, 9.17) is 10.8 Å². The number of hydrogen-bond donors (Lipinski definition) is 3. The van der Waals surface area contributed by atoms with E-state index in [0.717, 1.165) is 16.7 Å². The molecule has 2 heterocycles. The third kappa shape index (κ3) is 3.96. The normalized spacial score (nSPS) is 17.5. The molecule has 2 aromatic heterocycles. The van der Waals surface area contributed by atoms with E-state index in [1.807, 2.05) is 61.5 Å². The number of nitrogens with two attached hydrogens (primary N) is 1. The van der Waals surface area contributed by atoms with E-state index in [1.165, 1.54) is 6.33 Å². The minimum absolute atomic E-state index is 0.0959. The molecule has 5 rings (SSSR count). The summed E-state index contributed by atoms with van der Waals surface area (Å²) >= 11 is 0. The molecular formula is C25H24N6O2. The molecule has 8 heteroatoms. The number of anilines is 1. The maximum atomic E-state index is 12.5. The molecule has 0 saturated heterocycles. The molecule has 0 spiro atoms. The Morgan fingerprint density at radius 3 is 2.67 bits per heavy atom. The molecule has 2 atom stereocenters. The molecule has 4 aromatic rings. The summed E-state index contributed by atoms with van der Waals surface area (Å²) in [5, 5.41) is 18.4. The first-order chi connectivity index (χ1) is 16.0. The molecule has 0 aliphatic heterocycles. The molecule has 1 aliphatic carbocycles. The van der Waals surface area contributed by atoms with Gasteiger partial charge in [0, 0.05) is 24.1 Å². The van der Waals surface area contributed by atoms with E-state index < -0.39 is 6.10 Å². The fraction of sp³-hybridized carbons (Fsp3) is 0.200. The molecule has 1 amide bonds. The van der Waals surface area contributed by atoms with Crippen LogP contribution in [0.1, 0.15) is 33.9 Å². The summed E-state index contributed by atoms with van der Waals surface area (Å²) in [6.45, 7) is 2.34. The fourth-order valence-corrected chi connectivity index (χ4v) is 4.16. The average Bonchev–Trinajstić information content (AvgIpc) is 3.42. The van der Waals surface area contributed by atoms with Crippen LogP contribution >= 0.6 is 0 Å². The van der Waals surface area contributed by atoms with E-state index in [2.05, 4.69) is 15.3 Å². The predicted molar refractivity (Wildman–Crippen MR) is 126 cm³/mol. The maximum absolute atomic E-state index is 12.5. The van der Waals surface area contributed by atoms with Crippen molar-refractivity contribution in [3.63, 3.8) is 0 Å². The number of allylic oxidation sites excluding steroid dienone is 1. The quantitative estimate of drug-likeness (QED) is 0.410. The Morgan fingerprint density at radius 1 is 1.15 bits per heavy atom. The van der Waals surface area contributed by atoms with Crippen molar-refractivity contribution in [1.82, 2.24) is 25.1 Å². The first-order valence-corrected chi connectivity index (χ1v) is 10.8. The van der Waals surface area contributed by atoms with Crippen molar-refractivity contribution in [1.29, 1.82) is 0 Å². The Hall–Kier alpha value is -4.04. The van der Waals surface area contributed by atoms with Crippen molar-refractivity contribution in [3.8, 4) is 11.3 Å². The Morgan fingerprint density at radius 2 is 1.94 bits per heavy atom. The van der Waals surface area contributed by atoms with Gasteiger partial charge in [-0.1, -0.05) is 54.6 Å². The molecule has 0 unspecified atom stereocenters. The van der Waals surface area contributed by atoms with E-state index in [1.54, 1.807) is 10.8 Å². The van der Waals surface area contributed by atoms with Crippen LogP contribution in [-0.4, -0.2) is 36.9 Å². The van der Waals surface area contributed by atoms with Crippen LogP contribution in [0.3, 0.4) is 0 Å². The highest BCUT2D eigenvalue weighted by molar-refractivity contribution is 5.98. The number of nitrogen functional groups attached to an aromatic ring is 1. The zero-order valence-electron chi connectivity index (χ0n) is 18.1. The fourth-order valence-electron chi connectivity index (χ4n) is 4.16. The van der Waals surface area contributed by atoms with Crippen molar-refractivity contribution in [2.75, 3.05) is 5.73 Å². The second-order valence-electron chi connectivity index (χ2n) is 8.20. The van der Waals surface area contributed by atoms with Crippen LogP contribution < -0.4 is 11.1 Å². The molecule has 0 radical (unpaired) electrons. The number of rotatable bonds is 5. The van der Waals surface area contributed by atoms with Gasteiger partial charge in [-0.25, -0.2) is 14.6 Å². The Kier molecular flexibility index (Phi) is 5.35. The topological polar surface area (TPSA) is 119 Å². The number of fused-ring (bicyclic) bond motifs is 1. The van der Waals surface area contributed by atoms with Gasteiger partial charge in [0.2, 0.25) is 0 Å². The zero-order valence-corrected chi connectivity index (χ0v) is 18.1. The number of nitrogens with one attached hydrogen (secondary N) is 1. The van der Waals surface area contributed by atoms with Gasteiger partial charge in [-0.15, -0.1) is 0 Å². The largest absolute Gasteiger partial charge is 0.389 e. The third-order valence-electron chi connectivity index (χ3n) is 5.94. The van der Waals surface area contributed by atoms with Crippen LogP contribution in [0.2, 0.25) is 0 Å². The molecule has 4 N–H and O–H groups in total. The van der Waals surface area contributed by atoms with Gasteiger partial charge in [0.15, 0.2) is 5.65 Å². The van der Waals surface area contributed by atoms with Gasteiger partial charge >= 0.3 is 0 Å². The van der Waals surface area contributed by atoms with Crippen LogP contribution in [0.25, 0.3) is 22.3 Å². The van der Waals surface area contributed by atoms with Crippen molar-refractivity contribution in [2.45, 2.75) is 32.0 Å². The van der Waals surface area contributed by atoms with E-state index in [0.29, 0.717) is 41.1 Å². The average molecular weight is 441 g/mol. The van der Waals surface area contributed by atoms with Crippen LogP contribution in [0.4, 0.5) is 5.82 Å². The van der Waals surface area contributed by atoms with Crippen molar-refractivity contribution >= 4 is 22.8 Å². The second-order valence-corrected chi connectivity index (χ2v) is 8.20. The third-order valence-corrected chi connectivity index (χ3v) is 5.94. The van der Waals surface area contributed by atoms with E-state index in [-0.39, 0.29) is 11.9 Å². The highest BCUT2D eigenvalue weighted by Gasteiger charge is 2.25. The zero-order chi connectivity index (χ0) is 22.9. The number of carbonyl (C=O) groups is 1. The molecule has 0 bridgehead atoms. The van der Waals surface area contributed by atoms with Gasteiger partial charge in [-0.3, -0.25) is 4.79 Å². The minimum Gasteiger partial charge on any atom is -0.389 e. The summed E-state index contributed by atoms with van der Waals surface area (Å²) in [6.07, 6.45) is 5.17. The van der Waals surface area contributed by atoms with Crippen molar-refractivity contribution in [3.05, 3.63) is 83.7 Å². The number of aliphatic hydroxyl groups is 1. The van der Waals surface area contributed by atoms with Gasteiger partial charge < -0.3 is 16.2 Å². The van der Waals surface area contributed by atoms with Gasteiger partial charge in [-0.2, -0.15) is 5.10 Å². The SMILES string of the molecule is Cc1ccccc1C(=O)NCc1ccc(-c2nn([C@H]3C=C[C@H](O)C3)c3ncnc(N)c23)cc1. The number of nitrogens with zero attached hydrogens (tertiary/aromatic N) is 4. The lowest BCUT2D eigenvalue weighted by molar-refractivity contribution is 0.0950. The van der Waals surface area contributed by atoms with E-state index in [9.17, 15) is 9.90 Å². The first-order valence-electron chi connectivity index (χ1n) is 10.8. The van der Waals surface area contributed by atoms with Crippen molar-refractivity contribution < 1.29 is 9.90 Å². The molecule has 33 heavy (non-hydrogen) atoms. The highest BCUT2D eigenvalue weighted by Crippen LogP contribution is 2.34. The number of aryl methyl sites for hydroxylation is 1. The number of aliphatic hydroxyl groups excluding tert-OH is 1.